The largest absolute Gasteiger partial charge is 0.449 e. The van der Waals surface area contributed by atoms with Crippen LogP contribution < -0.4 is 5.32 Å². The van der Waals surface area contributed by atoms with Gasteiger partial charge in [-0.05, 0) is 43.2 Å². The highest BCUT2D eigenvalue weighted by Gasteiger charge is 2.19. The number of aromatic nitrogens is 2. The van der Waals surface area contributed by atoms with E-state index < -0.39 is 12.1 Å². The van der Waals surface area contributed by atoms with Gasteiger partial charge in [0.2, 0.25) is 0 Å². The van der Waals surface area contributed by atoms with Crippen LogP contribution in [0, 0.1) is 17.2 Å². The first-order valence-electron chi connectivity index (χ1n) is 9.18. The summed E-state index contributed by atoms with van der Waals surface area (Å²) in [5, 5.41) is 13.0. The second kappa shape index (κ2) is 8.49. The fourth-order valence-corrected chi connectivity index (χ4v) is 2.89. The number of carbonyl (C=O) groups excluding carboxylic acids is 1. The Morgan fingerprint density at radius 2 is 2.04 bits per heavy atom. The summed E-state index contributed by atoms with van der Waals surface area (Å²) in [6.07, 6.45) is 1.22. The molecule has 1 unspecified atom stereocenters. The number of ether oxygens (including phenoxy) is 1. The lowest BCUT2D eigenvalue weighted by Gasteiger charge is -2.18. The molecule has 1 amide bonds. The monoisotopic (exact) mass is 374 g/mol. The van der Waals surface area contributed by atoms with Gasteiger partial charge in [0.15, 0.2) is 0 Å². The number of nitrogens with zero attached hydrogens (tertiary/aromatic N) is 3. The Balaban J connectivity index is 2.05. The third-order valence-corrected chi connectivity index (χ3v) is 4.24. The van der Waals surface area contributed by atoms with Gasteiger partial charge in [0, 0.05) is 17.1 Å². The number of hydrogen-bond donors (Lipinski definition) is 1. The smallest absolute Gasteiger partial charge is 0.407 e. The lowest BCUT2D eigenvalue weighted by molar-refractivity contribution is 0.130. The first kappa shape index (κ1) is 19.3. The minimum Gasteiger partial charge on any atom is -0.449 e. The third kappa shape index (κ3) is 4.26. The van der Waals surface area contributed by atoms with Crippen LogP contribution in [0.4, 0.5) is 4.79 Å². The molecular weight excluding hydrogens is 352 g/mol. The topological polar surface area (TPSA) is 87.9 Å². The maximum atomic E-state index is 12.1. The van der Waals surface area contributed by atoms with E-state index in [0.29, 0.717) is 23.4 Å². The van der Waals surface area contributed by atoms with E-state index in [2.05, 4.69) is 16.4 Å². The van der Waals surface area contributed by atoms with E-state index in [1.54, 1.807) is 18.3 Å². The van der Waals surface area contributed by atoms with E-state index in [0.717, 1.165) is 16.6 Å². The van der Waals surface area contributed by atoms with Gasteiger partial charge in [0.25, 0.3) is 0 Å². The highest BCUT2D eigenvalue weighted by Crippen LogP contribution is 2.30. The average Bonchev–Trinajstić information content (AvgIpc) is 2.71. The zero-order valence-corrected chi connectivity index (χ0v) is 16.1. The molecule has 3 rings (SSSR count). The molecule has 6 nitrogen and oxygen atoms in total. The van der Waals surface area contributed by atoms with E-state index in [-0.39, 0.29) is 5.92 Å². The zero-order chi connectivity index (χ0) is 20.1. The van der Waals surface area contributed by atoms with Crippen LogP contribution >= 0.6 is 0 Å². The summed E-state index contributed by atoms with van der Waals surface area (Å²) in [4.78, 5) is 21.3. The van der Waals surface area contributed by atoms with Crippen molar-refractivity contribution < 1.29 is 9.53 Å². The van der Waals surface area contributed by atoms with Crippen LogP contribution in [0.25, 0.3) is 22.2 Å². The lowest BCUT2D eigenvalue weighted by Crippen LogP contribution is -2.29. The molecule has 0 saturated carbocycles. The third-order valence-electron chi connectivity index (χ3n) is 4.24. The molecule has 0 aliphatic carbocycles. The fraction of sp³-hybridized carbons (Fsp3) is 0.273. The molecular formula is C22H22N4O2. The first-order chi connectivity index (χ1) is 13.5. The quantitative estimate of drug-likeness (QED) is 0.704. The Bertz CT molecular complexity index is 1030. The molecule has 142 valence electrons. The van der Waals surface area contributed by atoms with Crippen molar-refractivity contribution in [2.75, 3.05) is 6.61 Å². The lowest BCUT2D eigenvalue weighted by atomic mass is 9.99. The summed E-state index contributed by atoms with van der Waals surface area (Å²) in [5.41, 5.74) is 3.41. The summed E-state index contributed by atoms with van der Waals surface area (Å²) in [5.74, 6) is 0.258. The Kier molecular flexibility index (Phi) is 5.85. The highest BCUT2D eigenvalue weighted by atomic mass is 16.5. The molecule has 0 aliphatic heterocycles. The second-order valence-electron chi connectivity index (χ2n) is 6.98. The molecule has 0 radical (unpaired) electrons. The van der Waals surface area contributed by atoms with Gasteiger partial charge in [-0.3, -0.25) is 4.98 Å². The van der Waals surface area contributed by atoms with Gasteiger partial charge in [-0.1, -0.05) is 26.0 Å². The number of nitrogens with one attached hydrogen (secondary N) is 1. The first-order valence-corrected chi connectivity index (χ1v) is 9.18. The van der Waals surface area contributed by atoms with Crippen LogP contribution in [-0.2, 0) is 4.74 Å². The maximum absolute atomic E-state index is 12.1. The molecule has 0 saturated heterocycles. The predicted octanol–water partition coefficient (Wildman–Crippen LogP) is 4.61. The number of benzene rings is 1. The number of carbonyl (C=O) groups is 1. The van der Waals surface area contributed by atoms with Gasteiger partial charge in [-0.2, -0.15) is 5.26 Å². The summed E-state index contributed by atoms with van der Waals surface area (Å²) in [6.45, 7) is 6.16. The molecule has 0 bridgehead atoms. The van der Waals surface area contributed by atoms with Gasteiger partial charge in [-0.15, -0.1) is 0 Å². The Labute approximate surface area is 164 Å². The van der Waals surface area contributed by atoms with Crippen molar-refractivity contribution in [3.63, 3.8) is 0 Å². The average molecular weight is 374 g/mol. The number of nitriles is 1. The summed E-state index contributed by atoms with van der Waals surface area (Å²) >= 11 is 0. The molecule has 1 aromatic carbocycles. The molecule has 3 aromatic rings. The molecule has 2 heterocycles. The molecule has 1 N–H and O–H groups in total. The number of amides is 1. The van der Waals surface area contributed by atoms with Gasteiger partial charge < -0.3 is 10.1 Å². The van der Waals surface area contributed by atoms with Crippen LogP contribution in [0.3, 0.4) is 0 Å². The molecule has 1 atom stereocenters. The van der Waals surface area contributed by atoms with Crippen molar-refractivity contribution >= 4 is 17.0 Å². The summed E-state index contributed by atoms with van der Waals surface area (Å²) in [6, 6.07) is 14.7. The minimum atomic E-state index is -0.485. The van der Waals surface area contributed by atoms with E-state index in [9.17, 15) is 10.1 Å². The molecule has 6 heteroatoms. The van der Waals surface area contributed by atoms with E-state index >= 15 is 0 Å². The van der Waals surface area contributed by atoms with E-state index in [1.165, 1.54) is 0 Å². The molecule has 28 heavy (non-hydrogen) atoms. The van der Waals surface area contributed by atoms with Crippen LogP contribution in [-0.4, -0.2) is 22.7 Å². The Morgan fingerprint density at radius 1 is 1.21 bits per heavy atom. The van der Waals surface area contributed by atoms with Crippen molar-refractivity contribution in [2.24, 2.45) is 5.92 Å². The van der Waals surface area contributed by atoms with Crippen molar-refractivity contribution in [1.82, 2.24) is 15.3 Å². The van der Waals surface area contributed by atoms with Gasteiger partial charge in [0.1, 0.15) is 0 Å². The van der Waals surface area contributed by atoms with Crippen LogP contribution in [0.2, 0.25) is 0 Å². The SMILES string of the molecule is CC(C)COC(=O)NC(C)c1nc2cccc(C#N)c2cc1-c1ccccn1. The Hall–Kier alpha value is -3.46. The van der Waals surface area contributed by atoms with Crippen molar-refractivity contribution in [2.45, 2.75) is 26.8 Å². The fourth-order valence-electron chi connectivity index (χ4n) is 2.89. The molecule has 0 aliphatic rings. The van der Waals surface area contributed by atoms with Crippen LogP contribution in [0.15, 0.2) is 48.7 Å². The van der Waals surface area contributed by atoms with Crippen molar-refractivity contribution in [3.8, 4) is 17.3 Å². The maximum Gasteiger partial charge on any atom is 0.407 e. The predicted molar refractivity (Wildman–Crippen MR) is 107 cm³/mol. The molecule has 0 fully saturated rings. The van der Waals surface area contributed by atoms with Crippen LogP contribution in [0.1, 0.15) is 38.1 Å². The number of hydrogen-bond acceptors (Lipinski definition) is 5. The van der Waals surface area contributed by atoms with E-state index in [4.69, 9.17) is 9.72 Å². The van der Waals surface area contributed by atoms with Crippen molar-refractivity contribution in [1.29, 1.82) is 5.26 Å². The summed E-state index contributed by atoms with van der Waals surface area (Å²) < 4.78 is 5.23. The van der Waals surface area contributed by atoms with Crippen LogP contribution in [0.5, 0.6) is 0 Å². The van der Waals surface area contributed by atoms with E-state index in [1.807, 2.05) is 51.1 Å². The zero-order valence-electron chi connectivity index (χ0n) is 16.1. The summed E-state index contributed by atoms with van der Waals surface area (Å²) in [7, 11) is 0. The number of rotatable bonds is 5. The number of alkyl carbamates (subject to hydrolysis) is 1. The number of fused-ring (bicyclic) bond motifs is 1. The van der Waals surface area contributed by atoms with Gasteiger partial charge in [0.05, 0.1) is 41.2 Å². The second-order valence-corrected chi connectivity index (χ2v) is 6.98. The highest BCUT2D eigenvalue weighted by molar-refractivity contribution is 5.89. The normalized spacial score (nSPS) is 11.8. The standard InChI is InChI=1S/C22H22N4O2/c1-14(2)13-28-22(27)25-15(3)21-18(19-8-4-5-10-24-19)11-17-16(12-23)7-6-9-20(17)26-21/h4-11,14-15H,13H2,1-3H3,(H,25,27). The van der Waals surface area contributed by atoms with Gasteiger partial charge >= 0.3 is 6.09 Å². The molecule has 0 spiro atoms. The number of pyridine rings is 2. The minimum absolute atomic E-state index is 0.258. The molecule has 2 aromatic heterocycles. The Morgan fingerprint density at radius 3 is 2.71 bits per heavy atom. The van der Waals surface area contributed by atoms with Crippen molar-refractivity contribution in [3.05, 3.63) is 59.9 Å². The van der Waals surface area contributed by atoms with Gasteiger partial charge in [-0.25, -0.2) is 9.78 Å².